The number of carbonyl (C=O) groups is 2. The van der Waals surface area contributed by atoms with E-state index in [9.17, 15) is 9.59 Å². The van der Waals surface area contributed by atoms with Crippen LogP contribution in [0.3, 0.4) is 0 Å². The lowest BCUT2D eigenvalue weighted by Gasteiger charge is -2.16. The fourth-order valence-corrected chi connectivity index (χ4v) is 1.59. The van der Waals surface area contributed by atoms with Crippen LogP contribution >= 0.6 is 11.8 Å². The highest BCUT2D eigenvalue weighted by molar-refractivity contribution is 7.98. The lowest BCUT2D eigenvalue weighted by atomic mass is 10.1. The fraction of sp³-hybridized carbons (Fsp3) is 0.818. The van der Waals surface area contributed by atoms with E-state index in [1.54, 1.807) is 11.8 Å². The van der Waals surface area contributed by atoms with E-state index in [-0.39, 0.29) is 0 Å². The molecule has 2 amide bonds. The van der Waals surface area contributed by atoms with Gasteiger partial charge in [0.05, 0.1) is 0 Å². The molecule has 0 aromatic heterocycles. The number of aliphatic carboxylic acids is 1. The summed E-state index contributed by atoms with van der Waals surface area (Å²) in [7, 11) is 0. The zero-order valence-electron chi connectivity index (χ0n) is 10.7. The molecule has 3 N–H and O–H groups in total. The van der Waals surface area contributed by atoms with Crippen molar-refractivity contribution in [3.63, 3.8) is 0 Å². The molecular formula is C11H22N2O3S. The highest BCUT2D eigenvalue weighted by Gasteiger charge is 2.19. The van der Waals surface area contributed by atoms with E-state index in [0.29, 0.717) is 24.6 Å². The Morgan fingerprint density at radius 1 is 1.41 bits per heavy atom. The lowest BCUT2D eigenvalue weighted by Crippen LogP contribution is -2.47. The van der Waals surface area contributed by atoms with Crippen LogP contribution in [0.5, 0.6) is 0 Å². The molecule has 0 radical (unpaired) electrons. The van der Waals surface area contributed by atoms with E-state index in [2.05, 4.69) is 10.6 Å². The minimum absolute atomic E-state index is 0.398. The van der Waals surface area contributed by atoms with Crippen LogP contribution in [0.1, 0.15) is 26.7 Å². The van der Waals surface area contributed by atoms with E-state index >= 15 is 0 Å². The molecule has 0 aromatic rings. The molecule has 0 aromatic carbocycles. The first kappa shape index (κ1) is 16.1. The topological polar surface area (TPSA) is 78.4 Å². The molecule has 2 atom stereocenters. The first-order chi connectivity index (χ1) is 8.01. The quantitative estimate of drug-likeness (QED) is 0.620. The fourth-order valence-electron chi connectivity index (χ4n) is 1.11. The largest absolute Gasteiger partial charge is 0.480 e. The van der Waals surface area contributed by atoms with Gasteiger partial charge in [-0.2, -0.15) is 11.8 Å². The third-order valence-corrected chi connectivity index (χ3v) is 3.17. The Bertz CT molecular complexity index is 249. The number of nitrogens with one attached hydrogen (secondary N) is 2. The number of thioether (sulfide) groups is 1. The van der Waals surface area contributed by atoms with Gasteiger partial charge >= 0.3 is 12.0 Å². The van der Waals surface area contributed by atoms with Crippen LogP contribution in [-0.2, 0) is 4.79 Å². The van der Waals surface area contributed by atoms with E-state index in [1.165, 1.54) is 0 Å². The summed E-state index contributed by atoms with van der Waals surface area (Å²) >= 11 is 1.56. The Kier molecular flexibility index (Phi) is 8.66. The number of urea groups is 1. The third-order valence-electron chi connectivity index (χ3n) is 2.52. The summed E-state index contributed by atoms with van der Waals surface area (Å²) in [6.45, 7) is 4.64. The summed E-state index contributed by atoms with van der Waals surface area (Å²) in [5.74, 6) is 0.121. The molecule has 17 heavy (non-hydrogen) atoms. The molecule has 6 heteroatoms. The number of carboxylic acid groups (broad SMARTS) is 1. The standard InChI is InChI=1S/C11H22N2O3S/c1-4-8(2)7-12-11(16)13-9(10(14)15)5-6-17-3/h8-9H,4-7H2,1-3H3,(H,14,15)(H2,12,13,16)/t8?,9-/m0/s1. The zero-order chi connectivity index (χ0) is 13.3. The molecule has 5 nitrogen and oxygen atoms in total. The third kappa shape index (κ3) is 7.90. The monoisotopic (exact) mass is 262 g/mol. The van der Waals surface area contributed by atoms with Crippen molar-refractivity contribution in [2.75, 3.05) is 18.6 Å². The van der Waals surface area contributed by atoms with Crippen molar-refractivity contribution in [3.05, 3.63) is 0 Å². The second-order valence-corrected chi connectivity index (χ2v) is 5.03. The van der Waals surface area contributed by atoms with Crippen molar-refractivity contribution in [1.29, 1.82) is 0 Å². The van der Waals surface area contributed by atoms with Crippen LogP contribution < -0.4 is 10.6 Å². The molecule has 100 valence electrons. The summed E-state index contributed by atoms with van der Waals surface area (Å²) < 4.78 is 0. The molecule has 0 bridgehead atoms. The van der Waals surface area contributed by atoms with Gasteiger partial charge in [0, 0.05) is 6.54 Å². The van der Waals surface area contributed by atoms with E-state index < -0.39 is 18.0 Å². The summed E-state index contributed by atoms with van der Waals surface area (Å²) in [6.07, 6.45) is 3.32. The maximum Gasteiger partial charge on any atom is 0.326 e. The summed E-state index contributed by atoms with van der Waals surface area (Å²) in [6, 6.07) is -1.21. The predicted octanol–water partition coefficient (Wildman–Crippen LogP) is 1.54. The summed E-state index contributed by atoms with van der Waals surface area (Å²) in [5, 5.41) is 14.1. The van der Waals surface area contributed by atoms with Gasteiger partial charge in [0.25, 0.3) is 0 Å². The Morgan fingerprint density at radius 3 is 2.53 bits per heavy atom. The van der Waals surface area contributed by atoms with E-state index in [1.807, 2.05) is 20.1 Å². The Morgan fingerprint density at radius 2 is 2.06 bits per heavy atom. The lowest BCUT2D eigenvalue weighted by molar-refractivity contribution is -0.139. The number of hydrogen-bond donors (Lipinski definition) is 3. The van der Waals surface area contributed by atoms with Gasteiger partial charge in [-0.25, -0.2) is 9.59 Å². The molecule has 0 saturated heterocycles. The second kappa shape index (κ2) is 9.15. The number of carbonyl (C=O) groups excluding carboxylic acids is 1. The van der Waals surface area contributed by atoms with Gasteiger partial charge in [0.15, 0.2) is 0 Å². The number of amides is 2. The Labute approximate surface area is 107 Å². The molecule has 0 spiro atoms. The summed E-state index contributed by atoms with van der Waals surface area (Å²) in [4.78, 5) is 22.3. The van der Waals surface area contributed by atoms with E-state index in [0.717, 1.165) is 6.42 Å². The molecule has 1 unspecified atom stereocenters. The van der Waals surface area contributed by atoms with Crippen molar-refractivity contribution in [2.45, 2.75) is 32.7 Å². The van der Waals surface area contributed by atoms with Crippen molar-refractivity contribution in [3.8, 4) is 0 Å². The average Bonchev–Trinajstić information content (AvgIpc) is 2.30. The molecule has 0 fully saturated rings. The Hall–Kier alpha value is -0.910. The molecule has 0 aliphatic heterocycles. The zero-order valence-corrected chi connectivity index (χ0v) is 11.5. The minimum Gasteiger partial charge on any atom is -0.480 e. The second-order valence-electron chi connectivity index (χ2n) is 4.04. The van der Waals surface area contributed by atoms with Crippen LogP contribution in [0.4, 0.5) is 4.79 Å². The van der Waals surface area contributed by atoms with E-state index in [4.69, 9.17) is 5.11 Å². The SMILES string of the molecule is CCC(C)CNC(=O)N[C@@H](CCSC)C(=O)O. The molecule has 0 heterocycles. The molecule has 0 aliphatic carbocycles. The maximum atomic E-state index is 11.4. The van der Waals surface area contributed by atoms with Crippen LogP contribution in [0.25, 0.3) is 0 Å². The highest BCUT2D eigenvalue weighted by atomic mass is 32.2. The number of rotatable bonds is 8. The average molecular weight is 262 g/mol. The van der Waals surface area contributed by atoms with Gasteiger partial charge < -0.3 is 15.7 Å². The van der Waals surface area contributed by atoms with Gasteiger partial charge in [-0.15, -0.1) is 0 Å². The first-order valence-corrected chi connectivity index (χ1v) is 7.16. The first-order valence-electron chi connectivity index (χ1n) is 5.77. The number of carboxylic acids is 1. The normalized spacial score (nSPS) is 13.8. The maximum absolute atomic E-state index is 11.4. The minimum atomic E-state index is -0.988. The van der Waals surface area contributed by atoms with Gasteiger partial charge in [-0.3, -0.25) is 0 Å². The predicted molar refractivity (Wildman–Crippen MR) is 70.4 cm³/mol. The highest BCUT2D eigenvalue weighted by Crippen LogP contribution is 2.01. The van der Waals surface area contributed by atoms with Crippen molar-refractivity contribution < 1.29 is 14.7 Å². The Balaban J connectivity index is 3.99. The molecule has 0 rings (SSSR count). The van der Waals surface area contributed by atoms with Crippen molar-refractivity contribution >= 4 is 23.8 Å². The van der Waals surface area contributed by atoms with Gasteiger partial charge in [-0.05, 0) is 24.3 Å². The molecule has 0 saturated carbocycles. The smallest absolute Gasteiger partial charge is 0.326 e. The van der Waals surface area contributed by atoms with Gasteiger partial charge in [-0.1, -0.05) is 20.3 Å². The van der Waals surface area contributed by atoms with Crippen molar-refractivity contribution in [2.24, 2.45) is 5.92 Å². The van der Waals surface area contributed by atoms with Crippen LogP contribution in [0.2, 0.25) is 0 Å². The van der Waals surface area contributed by atoms with Gasteiger partial charge in [0.1, 0.15) is 6.04 Å². The number of hydrogen-bond acceptors (Lipinski definition) is 3. The van der Waals surface area contributed by atoms with Crippen LogP contribution in [0.15, 0.2) is 0 Å². The van der Waals surface area contributed by atoms with Crippen LogP contribution in [-0.4, -0.2) is 41.7 Å². The van der Waals surface area contributed by atoms with Crippen molar-refractivity contribution in [1.82, 2.24) is 10.6 Å². The van der Waals surface area contributed by atoms with Gasteiger partial charge in [0.2, 0.25) is 0 Å². The molecular weight excluding hydrogens is 240 g/mol. The molecule has 0 aliphatic rings. The van der Waals surface area contributed by atoms with Crippen LogP contribution in [0, 0.1) is 5.92 Å². The summed E-state index contributed by atoms with van der Waals surface area (Å²) in [5.41, 5.74) is 0.